The number of carbonyl (C=O) groups excluding carboxylic acids is 1. The number of amides is 1. The molecule has 0 unspecified atom stereocenters. The van der Waals surface area contributed by atoms with Crippen molar-refractivity contribution in [2.75, 3.05) is 11.6 Å². The number of halogens is 2. The van der Waals surface area contributed by atoms with Crippen LogP contribution < -0.4 is 20.9 Å². The van der Waals surface area contributed by atoms with E-state index >= 15 is 0 Å². The first-order valence-electron chi connectivity index (χ1n) is 11.3. The number of carbonyl (C=O) groups is 1. The van der Waals surface area contributed by atoms with E-state index in [0.29, 0.717) is 14.5 Å². The van der Waals surface area contributed by atoms with Gasteiger partial charge in [0.15, 0.2) is 0 Å². The molecule has 2 aromatic heterocycles. The predicted octanol–water partition coefficient (Wildman–Crippen LogP) is 4.32. The zero-order valence-electron chi connectivity index (χ0n) is 19.8. The third-order valence-corrected chi connectivity index (χ3v) is 7.67. The van der Waals surface area contributed by atoms with Gasteiger partial charge in [0.2, 0.25) is 10.0 Å². The topological polar surface area (TPSA) is 111 Å². The monoisotopic (exact) mass is 636 g/mol. The molecule has 1 amide bonds. The molecule has 1 aliphatic carbocycles. The molecule has 0 bridgehead atoms. The molecule has 2 N–H and O–H groups in total. The molecule has 5 rings (SSSR count). The van der Waals surface area contributed by atoms with Crippen LogP contribution in [0.4, 0.5) is 15.9 Å². The number of pyridine rings is 1. The van der Waals surface area contributed by atoms with Gasteiger partial charge in [0.25, 0.3) is 11.5 Å². The van der Waals surface area contributed by atoms with Gasteiger partial charge in [-0.25, -0.2) is 16.8 Å². The fourth-order valence-corrected chi connectivity index (χ4v) is 5.19. The van der Waals surface area contributed by atoms with Crippen LogP contribution in [0.2, 0.25) is 0 Å². The van der Waals surface area contributed by atoms with E-state index in [1.807, 2.05) is 22.6 Å². The number of nitrogens with zero attached hydrogens (tertiary/aromatic N) is 2. The lowest BCUT2D eigenvalue weighted by Crippen LogP contribution is -2.30. The minimum atomic E-state index is -3.57. The fraction of sp³-hybridized carbons (Fsp3) is 0.200. The van der Waals surface area contributed by atoms with Crippen molar-refractivity contribution in [3.63, 3.8) is 0 Å². The number of benzene rings is 2. The number of aromatic nitrogens is 2. The van der Waals surface area contributed by atoms with Crippen LogP contribution in [0.5, 0.6) is 11.5 Å². The Balaban J connectivity index is 1.66. The zero-order chi connectivity index (χ0) is 26.5. The lowest BCUT2D eigenvalue weighted by Gasteiger charge is -2.20. The smallest absolute Gasteiger partial charge is 0.259 e. The highest BCUT2D eigenvalue weighted by atomic mass is 127. The predicted molar refractivity (Wildman–Crippen MR) is 147 cm³/mol. The van der Waals surface area contributed by atoms with Crippen LogP contribution in [-0.2, 0) is 17.1 Å². The molecule has 1 fully saturated rings. The number of fused-ring (bicyclic) bond motifs is 1. The van der Waals surface area contributed by atoms with Gasteiger partial charge in [0.1, 0.15) is 28.7 Å². The van der Waals surface area contributed by atoms with Crippen molar-refractivity contribution in [2.45, 2.75) is 18.9 Å². The van der Waals surface area contributed by atoms with E-state index < -0.39 is 27.3 Å². The van der Waals surface area contributed by atoms with Crippen molar-refractivity contribution in [1.29, 1.82) is 0 Å². The number of ether oxygens (including phenoxy) is 1. The van der Waals surface area contributed by atoms with Crippen LogP contribution in [0.1, 0.15) is 23.2 Å². The van der Waals surface area contributed by atoms with Crippen molar-refractivity contribution < 1.29 is 22.3 Å². The summed E-state index contributed by atoms with van der Waals surface area (Å²) in [6, 6.07) is 12.2. The van der Waals surface area contributed by atoms with Gasteiger partial charge < -0.3 is 15.4 Å². The largest absolute Gasteiger partial charge is 0.455 e. The molecule has 9 nitrogen and oxygen atoms in total. The van der Waals surface area contributed by atoms with E-state index in [2.05, 4.69) is 10.6 Å². The van der Waals surface area contributed by atoms with E-state index in [-0.39, 0.29) is 34.6 Å². The summed E-state index contributed by atoms with van der Waals surface area (Å²) in [5, 5.41) is 6.27. The summed E-state index contributed by atoms with van der Waals surface area (Å²) in [5.74, 6) is -0.774. The summed E-state index contributed by atoms with van der Waals surface area (Å²) in [6.07, 6.45) is 4.16. The lowest BCUT2D eigenvalue weighted by molar-refractivity contribution is 0.0949. The van der Waals surface area contributed by atoms with Crippen LogP contribution in [-0.4, -0.2) is 35.2 Å². The van der Waals surface area contributed by atoms with Crippen LogP contribution >= 0.6 is 22.6 Å². The molecule has 4 aromatic rings. The Morgan fingerprint density at radius 3 is 2.57 bits per heavy atom. The second kappa shape index (κ2) is 9.49. The molecule has 2 aromatic carbocycles. The molecule has 1 aliphatic rings. The van der Waals surface area contributed by atoms with Crippen LogP contribution in [0, 0.1) is 9.39 Å². The Morgan fingerprint density at radius 2 is 1.89 bits per heavy atom. The van der Waals surface area contributed by atoms with Crippen LogP contribution in [0.25, 0.3) is 10.9 Å². The van der Waals surface area contributed by atoms with Gasteiger partial charge in [-0.2, -0.15) is 0 Å². The number of rotatable bonds is 7. The van der Waals surface area contributed by atoms with E-state index in [9.17, 15) is 22.4 Å². The van der Waals surface area contributed by atoms with Gasteiger partial charge in [-0.15, -0.1) is 0 Å². The van der Waals surface area contributed by atoms with Crippen molar-refractivity contribution in [3.8, 4) is 11.5 Å². The van der Waals surface area contributed by atoms with Gasteiger partial charge >= 0.3 is 0 Å². The maximum Gasteiger partial charge on any atom is 0.259 e. The van der Waals surface area contributed by atoms with Crippen molar-refractivity contribution in [1.82, 2.24) is 13.9 Å². The number of anilines is 2. The second-order valence-corrected chi connectivity index (χ2v) is 11.9. The molecule has 0 radical (unpaired) electrons. The molecule has 0 atom stereocenters. The molecule has 12 heteroatoms. The number of nitrogens with one attached hydrogen (secondary N) is 2. The Labute approximate surface area is 225 Å². The van der Waals surface area contributed by atoms with Crippen molar-refractivity contribution in [2.24, 2.45) is 7.05 Å². The summed E-state index contributed by atoms with van der Waals surface area (Å²) >= 11 is 1.99. The van der Waals surface area contributed by atoms with E-state index in [4.69, 9.17) is 4.74 Å². The first-order valence-corrected chi connectivity index (χ1v) is 14.2. The molecule has 0 saturated heterocycles. The van der Waals surface area contributed by atoms with E-state index in [0.717, 1.165) is 23.1 Å². The molecule has 2 heterocycles. The normalized spacial score (nSPS) is 13.5. The molecule has 192 valence electrons. The quantitative estimate of drug-likeness (QED) is 0.293. The lowest BCUT2D eigenvalue weighted by atomic mass is 10.1. The highest BCUT2D eigenvalue weighted by Crippen LogP contribution is 2.36. The molecule has 0 aliphatic heterocycles. The number of hydrogen-bond acceptors (Lipinski definition) is 6. The summed E-state index contributed by atoms with van der Waals surface area (Å²) in [5.41, 5.74) is -0.00809. The second-order valence-electron chi connectivity index (χ2n) is 8.79. The first kappa shape index (κ1) is 25.3. The minimum Gasteiger partial charge on any atom is -0.455 e. The van der Waals surface area contributed by atoms with E-state index in [1.165, 1.54) is 36.0 Å². The van der Waals surface area contributed by atoms with Gasteiger partial charge in [0.05, 0.1) is 17.5 Å². The summed E-state index contributed by atoms with van der Waals surface area (Å²) in [7, 11) is -2.09. The molecular formula is C25H22FIN4O5S. The Kier molecular flexibility index (Phi) is 6.48. The highest BCUT2D eigenvalue weighted by molar-refractivity contribution is 14.1. The maximum absolute atomic E-state index is 14.7. The van der Waals surface area contributed by atoms with Gasteiger partial charge in [-0.05, 0) is 71.8 Å². The number of hydrogen-bond donors (Lipinski definition) is 2. The van der Waals surface area contributed by atoms with Gasteiger partial charge in [-0.1, -0.05) is 6.07 Å². The standard InChI is InChI=1S/C25H22FIN4O5S/c1-30-22(32)13-21(36-20-5-3-4-19-16(20)10-11-31(19)37(2,34)35)23(25(33)28-15-7-8-15)24(30)29-18-9-6-14(27)12-17(18)26/h3-6,9-13,15,29H,7-8H2,1-2H3,(H,28,33). The molecular weight excluding hydrogens is 614 g/mol. The van der Waals surface area contributed by atoms with Crippen LogP contribution in [0.3, 0.4) is 0 Å². The fourth-order valence-electron chi connectivity index (χ4n) is 3.94. The summed E-state index contributed by atoms with van der Waals surface area (Å²) in [6.45, 7) is 0. The summed E-state index contributed by atoms with van der Waals surface area (Å²) in [4.78, 5) is 26.3. The van der Waals surface area contributed by atoms with Crippen molar-refractivity contribution >= 4 is 60.9 Å². The Hall–Kier alpha value is -3.39. The minimum absolute atomic E-state index is 0.00713. The third kappa shape index (κ3) is 5.07. The summed E-state index contributed by atoms with van der Waals surface area (Å²) < 4.78 is 48.2. The SMILES string of the molecule is Cn1c(Nc2ccc(I)cc2F)c(C(=O)NC2CC2)c(Oc2cccc3c2ccn3S(C)(=O)=O)cc1=O. The maximum atomic E-state index is 14.7. The average Bonchev–Trinajstić information content (AvgIpc) is 3.51. The Morgan fingerprint density at radius 1 is 1.14 bits per heavy atom. The molecule has 37 heavy (non-hydrogen) atoms. The molecule has 0 spiro atoms. The third-order valence-electron chi connectivity index (χ3n) is 5.96. The Bertz CT molecular complexity index is 1730. The van der Waals surface area contributed by atoms with Gasteiger partial charge in [-0.3, -0.25) is 14.2 Å². The van der Waals surface area contributed by atoms with Gasteiger partial charge in [0, 0.05) is 34.3 Å². The van der Waals surface area contributed by atoms with E-state index in [1.54, 1.807) is 30.3 Å². The van der Waals surface area contributed by atoms with Crippen molar-refractivity contribution in [3.05, 3.63) is 80.0 Å². The molecule has 1 saturated carbocycles. The zero-order valence-corrected chi connectivity index (χ0v) is 22.8. The first-order chi connectivity index (χ1) is 17.5. The highest BCUT2D eigenvalue weighted by Gasteiger charge is 2.29. The van der Waals surface area contributed by atoms with Crippen LogP contribution in [0.15, 0.2) is 59.5 Å². The average molecular weight is 636 g/mol.